The molecule has 8 heteroatoms. The van der Waals surface area contributed by atoms with Gasteiger partial charge < -0.3 is 15.0 Å². The average molecular weight is 511 g/mol. The van der Waals surface area contributed by atoms with E-state index < -0.39 is 0 Å². The molecule has 0 saturated carbocycles. The molecule has 6 nitrogen and oxygen atoms in total. The first-order valence-corrected chi connectivity index (χ1v) is 9.69. The van der Waals surface area contributed by atoms with E-state index in [1.54, 1.807) is 19.3 Å². The lowest BCUT2D eigenvalue weighted by Crippen LogP contribution is -2.50. The summed E-state index contributed by atoms with van der Waals surface area (Å²) in [5.74, 6) is 0.445. The van der Waals surface area contributed by atoms with Gasteiger partial charge in [-0.2, -0.15) is 0 Å². The number of likely N-dealkylation sites (tertiary alicyclic amines) is 1. The van der Waals surface area contributed by atoms with Crippen molar-refractivity contribution in [1.82, 2.24) is 20.1 Å². The molecule has 2 unspecified atom stereocenters. The van der Waals surface area contributed by atoms with Crippen LogP contribution in [0, 0.1) is 5.82 Å². The molecule has 156 valence electrons. The van der Waals surface area contributed by atoms with Gasteiger partial charge >= 0.3 is 0 Å². The van der Waals surface area contributed by atoms with E-state index >= 15 is 0 Å². The smallest absolute Gasteiger partial charge is 0.194 e. The largest absolute Gasteiger partial charge is 0.373 e. The number of aliphatic imine (C=N–C) groups is 1. The summed E-state index contributed by atoms with van der Waals surface area (Å²) in [6.45, 7) is 4.51. The van der Waals surface area contributed by atoms with E-state index in [9.17, 15) is 4.39 Å². The zero-order valence-electron chi connectivity index (χ0n) is 16.5. The van der Waals surface area contributed by atoms with E-state index in [2.05, 4.69) is 49.4 Å². The number of fused-ring (bicyclic) bond motifs is 1. The molecule has 4 rings (SSSR count). The van der Waals surface area contributed by atoms with Crippen LogP contribution in [0.5, 0.6) is 0 Å². The topological polar surface area (TPSA) is 53.0 Å². The third-order valence-corrected chi connectivity index (χ3v) is 5.40. The van der Waals surface area contributed by atoms with E-state index in [4.69, 9.17) is 4.74 Å². The van der Waals surface area contributed by atoms with Crippen LogP contribution in [0.3, 0.4) is 0 Å². The van der Waals surface area contributed by atoms with Crippen molar-refractivity contribution >= 4 is 29.9 Å². The number of hydrogen-bond acceptors (Lipinski definition) is 4. The van der Waals surface area contributed by atoms with Crippen LogP contribution >= 0.6 is 24.0 Å². The maximum atomic E-state index is 13.8. The van der Waals surface area contributed by atoms with Gasteiger partial charge in [0.1, 0.15) is 5.82 Å². The fourth-order valence-electron chi connectivity index (χ4n) is 3.99. The lowest BCUT2D eigenvalue weighted by atomic mass is 10.1. The molecule has 2 saturated heterocycles. The predicted octanol–water partition coefficient (Wildman–Crippen LogP) is 2.50. The highest BCUT2D eigenvalue weighted by Crippen LogP contribution is 2.24. The van der Waals surface area contributed by atoms with Crippen LogP contribution in [0.1, 0.15) is 11.3 Å². The van der Waals surface area contributed by atoms with Gasteiger partial charge in [-0.1, -0.05) is 30.3 Å². The maximum absolute atomic E-state index is 13.8. The number of nitrogens with one attached hydrogen (secondary N) is 1. The molecule has 0 bridgehead atoms. The summed E-state index contributed by atoms with van der Waals surface area (Å²) < 4.78 is 19.9. The number of aromatic nitrogens is 1. The Morgan fingerprint density at radius 1 is 1.24 bits per heavy atom. The van der Waals surface area contributed by atoms with Gasteiger partial charge in [0.2, 0.25) is 0 Å². The van der Waals surface area contributed by atoms with Crippen molar-refractivity contribution < 1.29 is 9.13 Å². The number of morpholine rings is 1. The van der Waals surface area contributed by atoms with E-state index in [1.165, 1.54) is 11.6 Å². The van der Waals surface area contributed by atoms with Crippen molar-refractivity contribution in [2.24, 2.45) is 4.99 Å². The maximum Gasteiger partial charge on any atom is 0.194 e. The molecule has 2 aliphatic heterocycles. The van der Waals surface area contributed by atoms with E-state index in [0.717, 1.165) is 38.7 Å². The minimum atomic E-state index is -0.307. The van der Waals surface area contributed by atoms with Crippen LogP contribution in [0.2, 0.25) is 0 Å². The van der Waals surface area contributed by atoms with Gasteiger partial charge in [0.05, 0.1) is 31.0 Å². The molecular weight excluding hydrogens is 484 g/mol. The van der Waals surface area contributed by atoms with Crippen LogP contribution in [0.15, 0.2) is 53.7 Å². The summed E-state index contributed by atoms with van der Waals surface area (Å²) in [7, 11) is 1.75. The highest BCUT2D eigenvalue weighted by atomic mass is 127. The molecule has 29 heavy (non-hydrogen) atoms. The zero-order valence-corrected chi connectivity index (χ0v) is 18.8. The SMILES string of the molecule is CN=C(NCc1ncccc1F)N1CC2OCCN(Cc3ccccc3)C2C1.I. The van der Waals surface area contributed by atoms with Gasteiger partial charge in [-0.05, 0) is 17.7 Å². The third kappa shape index (κ3) is 5.23. The lowest BCUT2D eigenvalue weighted by Gasteiger charge is -2.36. The minimum absolute atomic E-state index is 0. The number of guanidine groups is 1. The Morgan fingerprint density at radius 2 is 2.07 bits per heavy atom. The Balaban J connectivity index is 0.00000240. The molecule has 2 aliphatic rings. The Morgan fingerprint density at radius 3 is 2.83 bits per heavy atom. The molecular formula is C21H27FIN5O. The quantitative estimate of drug-likeness (QED) is 0.389. The monoisotopic (exact) mass is 511 g/mol. The second-order valence-corrected chi connectivity index (χ2v) is 7.17. The molecule has 1 aromatic carbocycles. The van der Waals surface area contributed by atoms with E-state index in [0.29, 0.717) is 18.3 Å². The molecule has 1 aromatic heterocycles. The summed E-state index contributed by atoms with van der Waals surface area (Å²) in [5.41, 5.74) is 1.71. The number of ether oxygens (including phenoxy) is 1. The van der Waals surface area contributed by atoms with E-state index in [-0.39, 0.29) is 35.9 Å². The summed E-state index contributed by atoms with van der Waals surface area (Å²) in [4.78, 5) is 13.2. The highest BCUT2D eigenvalue weighted by Gasteiger charge is 2.41. The van der Waals surface area contributed by atoms with Gasteiger partial charge in [-0.15, -0.1) is 24.0 Å². The molecule has 2 atom stereocenters. The summed E-state index contributed by atoms with van der Waals surface area (Å²) in [6, 6.07) is 13.9. The number of pyridine rings is 1. The second kappa shape index (κ2) is 10.3. The fourth-order valence-corrected chi connectivity index (χ4v) is 3.99. The van der Waals surface area contributed by atoms with Crippen LogP contribution in [-0.4, -0.2) is 66.2 Å². The average Bonchev–Trinajstić information content (AvgIpc) is 3.16. The number of benzene rings is 1. The van der Waals surface area contributed by atoms with Gasteiger partial charge in [0, 0.05) is 39.4 Å². The first-order chi connectivity index (χ1) is 13.7. The number of nitrogens with zero attached hydrogens (tertiary/aromatic N) is 4. The van der Waals surface area contributed by atoms with Crippen LogP contribution in [-0.2, 0) is 17.8 Å². The highest BCUT2D eigenvalue weighted by molar-refractivity contribution is 14.0. The molecule has 0 amide bonds. The van der Waals surface area contributed by atoms with Crippen molar-refractivity contribution in [3.63, 3.8) is 0 Å². The van der Waals surface area contributed by atoms with Crippen molar-refractivity contribution in [3.05, 3.63) is 65.7 Å². The van der Waals surface area contributed by atoms with Crippen LogP contribution in [0.25, 0.3) is 0 Å². The van der Waals surface area contributed by atoms with Gasteiger partial charge in [0.15, 0.2) is 5.96 Å². The number of halogens is 2. The molecule has 0 spiro atoms. The van der Waals surface area contributed by atoms with Crippen molar-refractivity contribution in [3.8, 4) is 0 Å². The van der Waals surface area contributed by atoms with Gasteiger partial charge in [-0.3, -0.25) is 14.9 Å². The lowest BCUT2D eigenvalue weighted by molar-refractivity contribution is -0.0502. The normalized spacial score (nSPS) is 22.1. The van der Waals surface area contributed by atoms with Crippen LogP contribution in [0.4, 0.5) is 4.39 Å². The van der Waals surface area contributed by atoms with Crippen molar-refractivity contribution in [2.75, 3.05) is 33.3 Å². The zero-order chi connectivity index (χ0) is 19.3. The molecule has 0 aliphatic carbocycles. The molecule has 2 fully saturated rings. The van der Waals surface area contributed by atoms with Gasteiger partial charge in [0.25, 0.3) is 0 Å². The summed E-state index contributed by atoms with van der Waals surface area (Å²) in [5, 5.41) is 3.24. The summed E-state index contributed by atoms with van der Waals surface area (Å²) >= 11 is 0. The predicted molar refractivity (Wildman–Crippen MR) is 122 cm³/mol. The first kappa shape index (κ1) is 21.9. The molecule has 2 aromatic rings. The minimum Gasteiger partial charge on any atom is -0.373 e. The molecule has 1 N–H and O–H groups in total. The number of rotatable bonds is 4. The molecule has 0 radical (unpaired) electrons. The number of hydrogen-bond donors (Lipinski definition) is 1. The van der Waals surface area contributed by atoms with Crippen molar-refractivity contribution in [2.45, 2.75) is 25.2 Å². The first-order valence-electron chi connectivity index (χ1n) is 9.69. The Labute approximate surface area is 188 Å². The second-order valence-electron chi connectivity index (χ2n) is 7.17. The van der Waals surface area contributed by atoms with Crippen molar-refractivity contribution in [1.29, 1.82) is 0 Å². The third-order valence-electron chi connectivity index (χ3n) is 5.40. The van der Waals surface area contributed by atoms with E-state index in [1.807, 2.05) is 6.07 Å². The Kier molecular flexibility index (Phi) is 7.79. The van der Waals surface area contributed by atoms with Crippen LogP contribution < -0.4 is 5.32 Å². The Hall–Kier alpha value is -1.78. The molecule has 3 heterocycles. The Bertz CT molecular complexity index is 822. The summed E-state index contributed by atoms with van der Waals surface area (Å²) in [6.07, 6.45) is 1.75. The fraction of sp³-hybridized carbons (Fsp3) is 0.429. The standard InChI is InChI=1S/C21H26FN5O.HI/c1-23-21(25-12-18-17(22)8-5-9-24-18)27-14-19-20(15-27)28-11-10-26(19)13-16-6-3-2-4-7-16;/h2-9,19-20H,10-15H2,1H3,(H,23,25);1H. The van der Waals surface area contributed by atoms with Gasteiger partial charge in [-0.25, -0.2) is 4.39 Å².